The van der Waals surface area contributed by atoms with Gasteiger partial charge in [-0.15, -0.1) is 0 Å². The van der Waals surface area contributed by atoms with E-state index < -0.39 is 84.4 Å². The van der Waals surface area contributed by atoms with E-state index in [9.17, 15) is 36.5 Å². The van der Waals surface area contributed by atoms with E-state index in [1.54, 1.807) is 0 Å². The molecule has 0 fully saturated rings. The monoisotopic (exact) mass is 820 g/mol. The Kier molecular flexibility index (Phi) is 27.2. The first-order chi connectivity index (χ1) is 18.5. The predicted molar refractivity (Wildman–Crippen MR) is 152 cm³/mol. The van der Waals surface area contributed by atoms with Crippen LogP contribution in [0.15, 0.2) is 0 Å². The molecule has 0 aliphatic heterocycles. The molecule has 0 atom stereocenters. The van der Waals surface area contributed by atoms with Gasteiger partial charge in [0.05, 0.1) is 6.17 Å². The fourth-order valence-electron chi connectivity index (χ4n) is 1.49. The number of nitrogens with two attached hydrogens (primary N) is 2. The minimum atomic E-state index is -4.55. The standard InChI is InChI=1S/C6H16N2.4CH6O6P2/c1-5(2)3-4-6(7)8;4*2-8(3,4)1-9(5,6)7/h5-6H,3-4,7-8H2,1-2H3;4*1H2,(H2,2,3,4)(H2,5,6,7). The van der Waals surface area contributed by atoms with Crippen molar-refractivity contribution in [2.24, 2.45) is 17.4 Å². The summed E-state index contributed by atoms with van der Waals surface area (Å²) in [6.07, 6.45) is 1.97. The summed E-state index contributed by atoms with van der Waals surface area (Å²) in [6, 6.07) is 0. The highest BCUT2D eigenvalue weighted by molar-refractivity contribution is 7.70. The Morgan fingerprint density at radius 3 is 0.523 bits per heavy atom. The second kappa shape index (κ2) is 22.0. The molecule has 0 radical (unpaired) electrons. The highest BCUT2D eigenvalue weighted by Crippen LogP contribution is 2.53. The summed E-state index contributed by atoms with van der Waals surface area (Å²) < 4.78 is 78.8. The molecule has 0 rings (SSSR count). The van der Waals surface area contributed by atoms with Gasteiger partial charge in [0.1, 0.15) is 0 Å². The summed E-state index contributed by atoms with van der Waals surface area (Å²) in [5.74, 6) is -4.77. The second-order valence-corrected chi connectivity index (χ2v) is 23.7. The molecule has 44 heavy (non-hydrogen) atoms. The molecule has 20 N–H and O–H groups in total. The quantitative estimate of drug-likeness (QED) is 0.0781. The van der Waals surface area contributed by atoms with Crippen molar-refractivity contribution in [1.82, 2.24) is 0 Å². The van der Waals surface area contributed by atoms with E-state index in [1.807, 2.05) is 0 Å². The van der Waals surface area contributed by atoms with Crippen LogP contribution in [0.5, 0.6) is 0 Å². The Labute approximate surface area is 249 Å². The first kappa shape index (κ1) is 54.6. The highest BCUT2D eigenvalue weighted by atomic mass is 31.3. The molecule has 0 amide bonds. The Morgan fingerprint density at radius 1 is 0.364 bits per heavy atom. The van der Waals surface area contributed by atoms with Gasteiger partial charge in [-0.2, -0.15) is 0 Å². The van der Waals surface area contributed by atoms with Gasteiger partial charge in [-0.05, 0) is 18.8 Å². The fraction of sp³-hybridized carbons (Fsp3) is 1.00. The summed E-state index contributed by atoms with van der Waals surface area (Å²) in [5.41, 5.74) is 10.6. The minimum absolute atomic E-state index is 0.114. The lowest BCUT2D eigenvalue weighted by Crippen LogP contribution is -2.30. The van der Waals surface area contributed by atoms with Crippen molar-refractivity contribution in [1.29, 1.82) is 0 Å². The Morgan fingerprint density at radius 2 is 0.500 bits per heavy atom. The maximum absolute atomic E-state index is 9.85. The third kappa shape index (κ3) is 84.3. The molecule has 0 aromatic carbocycles. The van der Waals surface area contributed by atoms with Crippen LogP contribution in [0.2, 0.25) is 0 Å². The average molecular weight is 820 g/mol. The molecule has 0 heterocycles. The molecule has 0 aromatic heterocycles. The van der Waals surface area contributed by atoms with Gasteiger partial charge < -0.3 is 89.8 Å². The number of hydrogen-bond donors (Lipinski definition) is 18. The van der Waals surface area contributed by atoms with E-state index in [4.69, 9.17) is 89.8 Å². The fourth-order valence-corrected chi connectivity index (χ4v) is 9.17. The van der Waals surface area contributed by atoms with Gasteiger partial charge in [0, 0.05) is 0 Å². The summed E-state index contributed by atoms with van der Waals surface area (Å²) >= 11 is 0. The summed E-state index contributed by atoms with van der Waals surface area (Å²) in [4.78, 5) is 128. The van der Waals surface area contributed by atoms with Gasteiger partial charge in [-0.1, -0.05) is 13.8 Å². The Hall–Kier alpha value is 1.12. The molecule has 0 saturated heterocycles. The van der Waals surface area contributed by atoms with Gasteiger partial charge in [0.25, 0.3) is 0 Å². The van der Waals surface area contributed by atoms with Crippen LogP contribution in [0.4, 0.5) is 0 Å². The first-order valence-electron chi connectivity index (χ1n) is 10.3. The third-order valence-electron chi connectivity index (χ3n) is 2.55. The number of rotatable bonds is 11. The van der Waals surface area contributed by atoms with Gasteiger partial charge >= 0.3 is 60.8 Å². The lowest BCUT2D eigenvalue weighted by Gasteiger charge is -2.05. The lowest BCUT2D eigenvalue weighted by molar-refractivity contribution is 0.352. The smallest absolute Gasteiger partial charge is 0.324 e. The number of hydrogen-bond acceptors (Lipinski definition) is 10. The highest BCUT2D eigenvalue weighted by Gasteiger charge is 2.28. The van der Waals surface area contributed by atoms with Gasteiger partial charge in [-0.25, -0.2) is 0 Å². The van der Waals surface area contributed by atoms with Gasteiger partial charge in [0.2, 0.25) is 0 Å². The molecule has 0 aromatic rings. The van der Waals surface area contributed by atoms with Crippen LogP contribution in [0.25, 0.3) is 0 Å². The van der Waals surface area contributed by atoms with Crippen molar-refractivity contribution in [3.05, 3.63) is 0 Å². The molecule has 0 spiro atoms. The molecular formula is C10H40N2O24P8. The van der Waals surface area contributed by atoms with E-state index >= 15 is 0 Å². The normalized spacial score (nSPS) is 13.3. The van der Waals surface area contributed by atoms with Crippen molar-refractivity contribution in [3.8, 4) is 0 Å². The van der Waals surface area contributed by atoms with Crippen LogP contribution < -0.4 is 11.5 Å². The molecule has 0 saturated carbocycles. The van der Waals surface area contributed by atoms with Crippen LogP contribution in [0.3, 0.4) is 0 Å². The second-order valence-electron chi connectivity index (χ2n) is 8.52. The van der Waals surface area contributed by atoms with Crippen LogP contribution in [0, 0.1) is 5.92 Å². The Balaban J connectivity index is -0.000000144. The molecule has 0 unspecified atom stereocenters. The molecule has 0 aliphatic carbocycles. The van der Waals surface area contributed by atoms with E-state index in [-0.39, 0.29) is 6.17 Å². The van der Waals surface area contributed by atoms with Crippen molar-refractivity contribution in [2.75, 3.05) is 23.6 Å². The maximum Gasteiger partial charge on any atom is 0.337 e. The molecule has 26 nitrogen and oxygen atoms in total. The zero-order chi connectivity index (χ0) is 37.4. The largest absolute Gasteiger partial charge is 0.337 e. The van der Waals surface area contributed by atoms with Crippen molar-refractivity contribution >= 4 is 60.8 Å². The average Bonchev–Trinajstić information content (AvgIpc) is 2.48. The summed E-state index contributed by atoms with van der Waals surface area (Å²) in [5, 5.41) is 0. The topological polar surface area (TPSA) is 512 Å². The van der Waals surface area contributed by atoms with E-state index in [2.05, 4.69) is 13.8 Å². The van der Waals surface area contributed by atoms with E-state index in [0.29, 0.717) is 0 Å². The molecule has 0 bridgehead atoms. The zero-order valence-corrected chi connectivity index (χ0v) is 29.7. The molecule has 0 aliphatic rings. The van der Waals surface area contributed by atoms with E-state index in [1.165, 1.54) is 0 Å². The molecular weight excluding hydrogens is 780 g/mol. The van der Waals surface area contributed by atoms with E-state index in [0.717, 1.165) is 18.8 Å². The summed E-state index contributed by atoms with van der Waals surface area (Å²) in [6.45, 7) is 4.34. The van der Waals surface area contributed by atoms with Crippen LogP contribution in [-0.2, 0) is 36.5 Å². The van der Waals surface area contributed by atoms with Crippen molar-refractivity contribution in [3.63, 3.8) is 0 Å². The zero-order valence-electron chi connectivity index (χ0n) is 22.6. The van der Waals surface area contributed by atoms with Gasteiger partial charge in [-0.3, -0.25) is 36.5 Å². The van der Waals surface area contributed by atoms with Crippen LogP contribution >= 0.6 is 60.8 Å². The van der Waals surface area contributed by atoms with Gasteiger partial charge in [0.15, 0.2) is 23.6 Å². The molecule has 34 heteroatoms. The SMILES string of the molecule is CC(C)CCC(N)N.O=P(O)(O)CP(=O)(O)O.O=P(O)(O)CP(=O)(O)O.O=P(O)(O)CP(=O)(O)O.O=P(O)(O)CP(=O)(O)O. The van der Waals surface area contributed by atoms with Crippen molar-refractivity contribution < 1.29 is 115 Å². The van der Waals surface area contributed by atoms with Crippen LogP contribution in [0.1, 0.15) is 26.7 Å². The minimum Gasteiger partial charge on any atom is -0.324 e. The third-order valence-corrected chi connectivity index (χ3v) is 14.3. The first-order valence-corrected chi connectivity index (χ1v) is 24.7. The Bertz CT molecular complexity index is 915. The maximum atomic E-state index is 9.85. The van der Waals surface area contributed by atoms with Crippen molar-refractivity contribution in [2.45, 2.75) is 32.9 Å². The van der Waals surface area contributed by atoms with Crippen LogP contribution in [-0.4, -0.2) is 108 Å². The molecule has 274 valence electrons. The lowest BCUT2D eigenvalue weighted by atomic mass is 10.1. The predicted octanol–water partition coefficient (Wildman–Crippen LogP) is -2.14. The summed E-state index contributed by atoms with van der Waals surface area (Å²) in [7, 11) is -36.4.